The third-order valence-corrected chi connectivity index (χ3v) is 5.71. The normalized spacial score (nSPS) is 15.0. The van der Waals surface area contributed by atoms with Crippen LogP contribution in [0.25, 0.3) is 11.3 Å². The zero-order valence-electron chi connectivity index (χ0n) is 16.0. The third kappa shape index (κ3) is 5.26. The number of hydrazone groups is 1. The van der Waals surface area contributed by atoms with Gasteiger partial charge >= 0.3 is 0 Å². The van der Waals surface area contributed by atoms with Crippen molar-refractivity contribution in [3.05, 3.63) is 59.6 Å². The average molecular weight is 425 g/mol. The highest BCUT2D eigenvalue weighted by atomic mass is 35.5. The van der Waals surface area contributed by atoms with Crippen LogP contribution in [0.15, 0.2) is 69.9 Å². The summed E-state index contributed by atoms with van der Waals surface area (Å²) in [6.45, 7) is 2.07. The molecule has 29 heavy (non-hydrogen) atoms. The van der Waals surface area contributed by atoms with Gasteiger partial charge in [0.2, 0.25) is 5.13 Å². The Labute approximate surface area is 179 Å². The van der Waals surface area contributed by atoms with E-state index in [4.69, 9.17) is 16.6 Å². The quantitative estimate of drug-likeness (QED) is 0.382. The van der Waals surface area contributed by atoms with Crippen LogP contribution in [-0.2, 0) is 0 Å². The van der Waals surface area contributed by atoms with Crippen LogP contribution >= 0.6 is 22.9 Å². The molecule has 1 fully saturated rings. The van der Waals surface area contributed by atoms with Crippen molar-refractivity contribution in [3.63, 3.8) is 0 Å². The first kappa shape index (κ1) is 19.7. The summed E-state index contributed by atoms with van der Waals surface area (Å²) < 4.78 is 0. The van der Waals surface area contributed by atoms with Crippen LogP contribution in [0.1, 0.15) is 12.8 Å². The second-order valence-electron chi connectivity index (χ2n) is 6.81. The Morgan fingerprint density at radius 1 is 1.00 bits per heavy atom. The minimum atomic E-state index is 0.672. The molecule has 0 spiro atoms. The predicted octanol–water partition coefficient (Wildman–Crippen LogP) is 6.37. The molecule has 0 saturated carbocycles. The van der Waals surface area contributed by atoms with Gasteiger partial charge in [0.15, 0.2) is 5.00 Å². The van der Waals surface area contributed by atoms with Gasteiger partial charge in [0.25, 0.3) is 0 Å². The first-order chi connectivity index (χ1) is 14.2. The molecule has 148 valence electrons. The first-order valence-electron chi connectivity index (χ1n) is 9.41. The number of azo groups is 1. The highest BCUT2D eigenvalue weighted by Crippen LogP contribution is 2.39. The van der Waals surface area contributed by atoms with Gasteiger partial charge < -0.3 is 4.90 Å². The van der Waals surface area contributed by atoms with E-state index in [0.717, 1.165) is 47.9 Å². The van der Waals surface area contributed by atoms with Crippen LogP contribution in [-0.4, -0.2) is 35.7 Å². The Balaban J connectivity index is 1.59. The fourth-order valence-corrected chi connectivity index (χ4v) is 3.82. The van der Waals surface area contributed by atoms with Crippen molar-refractivity contribution in [3.8, 4) is 11.3 Å². The molecule has 8 heteroatoms. The number of rotatable bonds is 5. The molecule has 6 nitrogen and oxygen atoms in total. The van der Waals surface area contributed by atoms with E-state index in [1.54, 1.807) is 12.1 Å². The lowest BCUT2D eigenvalue weighted by atomic mass is 10.1. The number of likely N-dealkylation sites (tertiary alicyclic amines) is 1. The summed E-state index contributed by atoms with van der Waals surface area (Å²) in [4.78, 5) is 7.03. The Morgan fingerprint density at radius 3 is 2.45 bits per heavy atom. The van der Waals surface area contributed by atoms with Crippen LogP contribution in [0.3, 0.4) is 0 Å². The smallest absolute Gasteiger partial charge is 0.206 e. The number of nitrogens with zero attached hydrogens (tertiary/aromatic N) is 5. The molecule has 1 saturated heterocycles. The van der Waals surface area contributed by atoms with Gasteiger partial charge in [-0.1, -0.05) is 53.3 Å². The molecule has 1 N–H and O–H groups in total. The molecule has 0 aliphatic carbocycles. The van der Waals surface area contributed by atoms with Crippen molar-refractivity contribution in [1.29, 1.82) is 0 Å². The molecule has 0 unspecified atom stereocenters. The van der Waals surface area contributed by atoms with E-state index in [0.29, 0.717) is 10.2 Å². The molecular formula is C21H21ClN6S. The molecule has 4 rings (SSSR count). The highest BCUT2D eigenvalue weighted by molar-refractivity contribution is 7.19. The molecule has 2 heterocycles. The zero-order chi connectivity index (χ0) is 20.1. The third-order valence-electron chi connectivity index (χ3n) is 4.61. The second-order valence-corrected chi connectivity index (χ2v) is 8.22. The number of thiazole rings is 1. The summed E-state index contributed by atoms with van der Waals surface area (Å²) in [6.07, 6.45) is 1.95. The summed E-state index contributed by atoms with van der Waals surface area (Å²) in [5, 5.41) is 15.5. The number of hydrogen-bond donors (Lipinski definition) is 1. The van der Waals surface area contributed by atoms with Gasteiger partial charge in [-0.25, -0.2) is 4.98 Å². The van der Waals surface area contributed by atoms with E-state index in [-0.39, 0.29) is 0 Å². The van der Waals surface area contributed by atoms with Gasteiger partial charge in [0.1, 0.15) is 5.69 Å². The van der Waals surface area contributed by atoms with Gasteiger partial charge in [-0.05, 0) is 31.3 Å². The minimum Gasteiger partial charge on any atom is -0.306 e. The van der Waals surface area contributed by atoms with Crippen molar-refractivity contribution < 1.29 is 0 Å². The van der Waals surface area contributed by atoms with Crippen LogP contribution in [0.4, 0.5) is 15.8 Å². The molecule has 0 amide bonds. The molecule has 1 aromatic heterocycles. The number of piperidine rings is 1. The Hall–Kier alpha value is -2.61. The summed E-state index contributed by atoms with van der Waals surface area (Å²) >= 11 is 7.38. The summed E-state index contributed by atoms with van der Waals surface area (Å²) in [7, 11) is 2.13. The number of halogens is 1. The fourth-order valence-electron chi connectivity index (χ4n) is 2.94. The van der Waals surface area contributed by atoms with Gasteiger partial charge in [-0.3, -0.25) is 5.43 Å². The first-order valence-corrected chi connectivity index (χ1v) is 10.6. The maximum Gasteiger partial charge on any atom is 0.206 e. The number of benzene rings is 2. The largest absolute Gasteiger partial charge is 0.306 e. The van der Waals surface area contributed by atoms with E-state index in [1.165, 1.54) is 17.0 Å². The topological polar surface area (TPSA) is 65.2 Å². The van der Waals surface area contributed by atoms with E-state index >= 15 is 0 Å². The lowest BCUT2D eigenvalue weighted by molar-refractivity contribution is 0.336. The van der Waals surface area contributed by atoms with Crippen LogP contribution < -0.4 is 5.43 Å². The lowest BCUT2D eigenvalue weighted by Crippen LogP contribution is -2.30. The summed E-state index contributed by atoms with van der Waals surface area (Å²) in [5.74, 6) is 0. The summed E-state index contributed by atoms with van der Waals surface area (Å²) in [6, 6.07) is 17.3. The standard InChI is InChI=1S/C21H21ClN6S/c1-28-13-11-18(12-14-28)25-27-21-23-19(15-5-3-2-4-6-15)20(29-21)26-24-17-9-7-16(22)8-10-17/h2-10H,11-14H2,1H3,(H,23,27). The molecule has 2 aromatic carbocycles. The Kier molecular flexibility index (Phi) is 6.29. The van der Waals surface area contributed by atoms with Gasteiger partial charge in [0.05, 0.1) is 5.69 Å². The molecule has 0 atom stereocenters. The van der Waals surface area contributed by atoms with Crippen molar-refractivity contribution in [2.75, 3.05) is 25.6 Å². The van der Waals surface area contributed by atoms with Crippen molar-refractivity contribution in [1.82, 2.24) is 9.88 Å². The van der Waals surface area contributed by atoms with Gasteiger partial charge in [-0.2, -0.15) is 5.10 Å². The fraction of sp³-hybridized carbons (Fsp3) is 0.238. The predicted molar refractivity (Wildman–Crippen MR) is 121 cm³/mol. The molecule has 1 aliphatic heterocycles. The Morgan fingerprint density at radius 2 is 1.72 bits per heavy atom. The lowest BCUT2D eigenvalue weighted by Gasteiger charge is -2.22. The summed E-state index contributed by atoms with van der Waals surface area (Å²) in [5.41, 5.74) is 6.82. The molecule has 0 bridgehead atoms. The Bertz CT molecular complexity index is 1000. The number of anilines is 1. The van der Waals surface area contributed by atoms with E-state index in [1.807, 2.05) is 42.5 Å². The van der Waals surface area contributed by atoms with E-state index < -0.39 is 0 Å². The minimum absolute atomic E-state index is 0.672. The maximum absolute atomic E-state index is 5.94. The number of nitrogens with one attached hydrogen (secondary N) is 1. The maximum atomic E-state index is 5.94. The highest BCUT2D eigenvalue weighted by Gasteiger charge is 2.14. The van der Waals surface area contributed by atoms with Crippen molar-refractivity contribution in [2.24, 2.45) is 15.3 Å². The van der Waals surface area contributed by atoms with E-state index in [9.17, 15) is 0 Å². The number of hydrogen-bond acceptors (Lipinski definition) is 7. The van der Waals surface area contributed by atoms with Crippen LogP contribution in [0.2, 0.25) is 5.02 Å². The van der Waals surface area contributed by atoms with Gasteiger partial charge in [-0.15, -0.1) is 10.2 Å². The van der Waals surface area contributed by atoms with E-state index in [2.05, 4.69) is 32.7 Å². The van der Waals surface area contributed by atoms with Crippen LogP contribution in [0, 0.1) is 0 Å². The average Bonchev–Trinajstić information content (AvgIpc) is 3.17. The SMILES string of the molecule is CN1CCC(=NNc2nc(-c3ccccc3)c(N=Nc3ccc(Cl)cc3)s2)CC1. The number of aromatic nitrogens is 1. The van der Waals surface area contributed by atoms with Gasteiger partial charge in [0, 0.05) is 42.2 Å². The molecule has 3 aromatic rings. The second kappa shape index (κ2) is 9.26. The van der Waals surface area contributed by atoms with Crippen LogP contribution in [0.5, 0.6) is 0 Å². The van der Waals surface area contributed by atoms with Crippen molar-refractivity contribution in [2.45, 2.75) is 12.8 Å². The molecule has 1 aliphatic rings. The zero-order valence-corrected chi connectivity index (χ0v) is 17.6. The molecule has 0 radical (unpaired) electrons. The molecular weight excluding hydrogens is 404 g/mol. The monoisotopic (exact) mass is 424 g/mol. The van der Waals surface area contributed by atoms with Crippen molar-refractivity contribution >= 4 is 44.5 Å².